The number of hydrogen-bond acceptors (Lipinski definition) is 2. The van der Waals surface area contributed by atoms with Crippen LogP contribution in [0.25, 0.3) is 0 Å². The van der Waals surface area contributed by atoms with Crippen molar-refractivity contribution in [1.29, 1.82) is 0 Å². The van der Waals surface area contributed by atoms with Crippen LogP contribution >= 0.6 is 25.3 Å². The molecule has 0 amide bonds. The Labute approximate surface area is 65.1 Å². The van der Waals surface area contributed by atoms with Crippen molar-refractivity contribution in [3.05, 3.63) is 10.8 Å². The van der Waals surface area contributed by atoms with E-state index in [1.807, 2.05) is 0 Å². The van der Waals surface area contributed by atoms with Crippen molar-refractivity contribution >= 4 is 54.8 Å². The first-order chi connectivity index (χ1) is 1.91. The Kier molecular flexibility index (Phi) is 17.5. The summed E-state index contributed by atoms with van der Waals surface area (Å²) in [4.78, 5) is 0. The van der Waals surface area contributed by atoms with Gasteiger partial charge in [-0.15, -0.1) is 0 Å². The first kappa shape index (κ1) is 9.67. The molecule has 0 unspecified atom stereocenters. The van der Waals surface area contributed by atoms with Crippen molar-refractivity contribution in [3.8, 4) is 0 Å². The molecule has 0 atom stereocenters. The predicted octanol–water partition coefficient (Wildman–Crippen LogP) is 0.669. The molecule has 0 saturated heterocycles. The molecule has 26 valence electrons. The van der Waals surface area contributed by atoms with Crippen molar-refractivity contribution in [2.45, 2.75) is 0 Å². The van der Waals surface area contributed by atoms with E-state index >= 15 is 0 Å². The fraction of sp³-hybridized carbons (Fsp3) is 0. The Bertz CT molecular complexity index is 22.8. The van der Waals surface area contributed by atoms with Crippen molar-refractivity contribution in [3.63, 3.8) is 0 Å². The second-order valence-electron chi connectivity index (χ2n) is 0.298. The van der Waals surface area contributed by atoms with Crippen LogP contribution in [0.1, 0.15) is 0 Å². The summed E-state index contributed by atoms with van der Waals surface area (Å²) in [6.07, 6.45) is 0. The predicted molar refractivity (Wildman–Crippen MR) is 34.3 cm³/mol. The van der Waals surface area contributed by atoms with Gasteiger partial charge in [-0.05, 0) is 10.8 Å². The van der Waals surface area contributed by atoms with Crippen LogP contribution in [0.15, 0.2) is 10.8 Å². The summed E-state index contributed by atoms with van der Waals surface area (Å²) < 4.78 is 0. The van der Waals surface area contributed by atoms with Crippen LogP contribution in [0.2, 0.25) is 0 Å². The topological polar surface area (TPSA) is 0 Å². The summed E-state index contributed by atoms with van der Waals surface area (Å²) in [7, 11) is 0. The molecule has 0 radical (unpaired) electrons. The zero-order valence-corrected chi connectivity index (χ0v) is 3.84. The fourth-order valence-electron chi connectivity index (χ4n) is 0. The van der Waals surface area contributed by atoms with Gasteiger partial charge in [-0.1, -0.05) is 0 Å². The Morgan fingerprint density at radius 1 is 1.00 bits per heavy atom. The Balaban J connectivity index is 0. The monoisotopic (exact) mass is 116 g/mol. The molecule has 0 rings (SSSR count). The molecule has 0 aromatic carbocycles. The minimum atomic E-state index is 0. The summed E-state index contributed by atoms with van der Waals surface area (Å²) in [5, 5.41) is 3.12. The maximum absolute atomic E-state index is 3.66. The van der Waals surface area contributed by atoms with E-state index in [1.165, 1.54) is 0 Å². The first-order valence-electron chi connectivity index (χ1n) is 0.850. The van der Waals surface area contributed by atoms with Crippen molar-refractivity contribution in [2.75, 3.05) is 0 Å². The summed E-state index contributed by atoms with van der Waals surface area (Å²) in [5.41, 5.74) is 0. The van der Waals surface area contributed by atoms with E-state index in [2.05, 4.69) is 25.3 Å². The van der Waals surface area contributed by atoms with Gasteiger partial charge in [0.25, 0.3) is 0 Å². The van der Waals surface area contributed by atoms with Gasteiger partial charge in [0.2, 0.25) is 0 Å². The molecule has 0 aliphatic carbocycles. The van der Waals surface area contributed by atoms with E-state index in [-0.39, 0.29) is 29.6 Å². The molecule has 0 heterocycles. The second-order valence-corrected chi connectivity index (χ2v) is 0.894. The minimum absolute atomic E-state index is 0. The Morgan fingerprint density at radius 2 is 1.20 bits per heavy atom. The molecule has 0 spiro atoms. The number of thiol groups is 2. The average molecular weight is 116 g/mol. The zero-order chi connectivity index (χ0) is 3.41. The first-order valence-corrected chi connectivity index (χ1v) is 1.88. The maximum atomic E-state index is 3.66. The molecule has 3 heteroatoms. The molecular weight excluding hydrogens is 111 g/mol. The number of hydrogen-bond donors (Lipinski definition) is 2. The van der Waals surface area contributed by atoms with Crippen molar-refractivity contribution < 1.29 is 0 Å². The van der Waals surface area contributed by atoms with Crippen molar-refractivity contribution in [2.24, 2.45) is 0 Å². The second kappa shape index (κ2) is 9.06. The van der Waals surface area contributed by atoms with Gasteiger partial charge in [0.05, 0.1) is 0 Å². The van der Waals surface area contributed by atoms with Gasteiger partial charge < -0.3 is 0 Å². The molecule has 0 nitrogen and oxygen atoms in total. The van der Waals surface area contributed by atoms with Crippen LogP contribution in [0.5, 0.6) is 0 Å². The van der Waals surface area contributed by atoms with Crippen molar-refractivity contribution in [1.82, 2.24) is 0 Å². The summed E-state index contributed by atoms with van der Waals surface area (Å²) >= 11 is 7.33. The Hall–Kier alpha value is 1.44. The summed E-state index contributed by atoms with van der Waals surface area (Å²) in [6, 6.07) is 0. The quantitative estimate of drug-likeness (QED) is 0.337. The van der Waals surface area contributed by atoms with Crippen LogP contribution in [-0.2, 0) is 0 Å². The van der Waals surface area contributed by atoms with E-state index in [1.54, 1.807) is 10.8 Å². The van der Waals surface area contributed by atoms with E-state index in [4.69, 9.17) is 0 Å². The molecule has 0 aromatic heterocycles. The van der Waals surface area contributed by atoms with Crippen LogP contribution in [0, 0.1) is 0 Å². The molecule has 0 aliphatic heterocycles. The third-order valence-corrected chi connectivity index (χ3v) is 0.600. The van der Waals surface area contributed by atoms with Gasteiger partial charge in [-0.25, -0.2) is 0 Å². The van der Waals surface area contributed by atoms with Crippen LogP contribution < -0.4 is 0 Å². The fourth-order valence-corrected chi connectivity index (χ4v) is 0. The van der Waals surface area contributed by atoms with Gasteiger partial charge in [-0.2, -0.15) is 25.3 Å². The van der Waals surface area contributed by atoms with Gasteiger partial charge in [-0.3, -0.25) is 0 Å². The zero-order valence-electron chi connectivity index (χ0n) is 2.05. The molecule has 0 aliphatic rings. The third-order valence-electron chi connectivity index (χ3n) is 0.0667. The molecule has 0 fully saturated rings. The number of rotatable bonds is 0. The van der Waals surface area contributed by atoms with Gasteiger partial charge in [0.15, 0.2) is 0 Å². The average Bonchev–Trinajstić information content (AvgIpc) is 1.37. The van der Waals surface area contributed by atoms with Crippen LogP contribution in [0.4, 0.5) is 0 Å². The van der Waals surface area contributed by atoms with Crippen LogP contribution in [0.3, 0.4) is 0 Å². The molecule has 5 heavy (non-hydrogen) atoms. The van der Waals surface area contributed by atoms with Gasteiger partial charge >= 0.3 is 29.6 Å². The molecule has 0 saturated carbocycles. The normalized spacial score (nSPS) is 7.60. The Morgan fingerprint density at radius 3 is 1.20 bits per heavy atom. The molecule has 0 bridgehead atoms. The SMILES string of the molecule is SC=CS.[NaH]. The van der Waals surface area contributed by atoms with E-state index < -0.39 is 0 Å². The van der Waals surface area contributed by atoms with E-state index in [0.717, 1.165) is 0 Å². The third kappa shape index (κ3) is 10.8. The van der Waals surface area contributed by atoms with Gasteiger partial charge in [0, 0.05) is 0 Å². The van der Waals surface area contributed by atoms with E-state index in [0.29, 0.717) is 0 Å². The summed E-state index contributed by atoms with van der Waals surface area (Å²) in [5.74, 6) is 0. The molecule has 0 aromatic rings. The molecule has 0 N–H and O–H groups in total. The summed E-state index contributed by atoms with van der Waals surface area (Å²) in [6.45, 7) is 0. The van der Waals surface area contributed by atoms with Crippen LogP contribution in [-0.4, -0.2) is 29.6 Å². The standard InChI is InChI=1S/C2H4S2.Na.H/c3-1-2-4;;/h1-4H;;. The van der Waals surface area contributed by atoms with Gasteiger partial charge in [0.1, 0.15) is 0 Å². The van der Waals surface area contributed by atoms with E-state index in [9.17, 15) is 0 Å². The molecular formula is C2H5NaS2.